The molecular weight excluding hydrogens is 458 g/mol. The number of nitrogens with one attached hydrogen (secondary N) is 1. The van der Waals surface area contributed by atoms with E-state index in [2.05, 4.69) is 30.4 Å². The van der Waals surface area contributed by atoms with Crippen molar-refractivity contribution in [1.29, 1.82) is 0 Å². The van der Waals surface area contributed by atoms with Gasteiger partial charge in [-0.3, -0.25) is 19.8 Å². The second kappa shape index (κ2) is 9.04. The lowest BCUT2D eigenvalue weighted by atomic mass is 9.89. The largest absolute Gasteiger partial charge is 0.347 e. The molecule has 0 bridgehead atoms. The first-order chi connectivity index (χ1) is 17.5. The van der Waals surface area contributed by atoms with Crippen LogP contribution in [0.3, 0.4) is 0 Å². The first-order valence-corrected chi connectivity index (χ1v) is 11.9. The zero-order chi connectivity index (χ0) is 24.6. The molecule has 0 radical (unpaired) electrons. The Hall–Kier alpha value is -4.31. The third-order valence-electron chi connectivity index (χ3n) is 6.79. The Morgan fingerprint density at radius 1 is 1.03 bits per heavy atom. The maximum atomic E-state index is 13.3. The van der Waals surface area contributed by atoms with Gasteiger partial charge in [0.15, 0.2) is 5.84 Å². The van der Waals surface area contributed by atoms with E-state index >= 15 is 0 Å². The van der Waals surface area contributed by atoms with Crippen molar-refractivity contribution in [3.8, 4) is 0 Å². The highest BCUT2D eigenvalue weighted by Gasteiger charge is 2.30. The van der Waals surface area contributed by atoms with E-state index in [1.165, 1.54) is 0 Å². The molecule has 1 fully saturated rings. The fourth-order valence-corrected chi connectivity index (χ4v) is 4.91. The van der Waals surface area contributed by atoms with Crippen LogP contribution in [-0.4, -0.2) is 71.5 Å². The summed E-state index contributed by atoms with van der Waals surface area (Å²) in [6, 6.07) is 7.16. The van der Waals surface area contributed by atoms with Gasteiger partial charge < -0.3 is 4.90 Å². The van der Waals surface area contributed by atoms with E-state index in [-0.39, 0.29) is 23.9 Å². The number of urea groups is 1. The van der Waals surface area contributed by atoms with Gasteiger partial charge in [0.25, 0.3) is 11.8 Å². The molecule has 4 aliphatic heterocycles. The van der Waals surface area contributed by atoms with E-state index in [1.54, 1.807) is 0 Å². The summed E-state index contributed by atoms with van der Waals surface area (Å²) in [5.74, 6) is -0.145. The SMILES string of the molecule is O=C1N=C2C=CC(N3CCN(C(=O)c4cccc(CC5=C6C=CC=CC6C(=O)N=N5)c4)CC3)N=C2N1. The van der Waals surface area contributed by atoms with E-state index in [4.69, 9.17) is 0 Å². The Morgan fingerprint density at radius 3 is 2.75 bits per heavy atom. The van der Waals surface area contributed by atoms with Gasteiger partial charge in [0.05, 0.1) is 11.6 Å². The van der Waals surface area contributed by atoms with E-state index in [1.807, 2.05) is 65.6 Å². The Kier molecular flexibility index (Phi) is 5.57. The molecule has 0 saturated carbocycles. The minimum absolute atomic E-state index is 0.0176. The molecule has 180 valence electrons. The molecule has 1 saturated heterocycles. The molecule has 10 heteroatoms. The number of piperazine rings is 1. The third kappa shape index (κ3) is 4.16. The molecule has 1 aromatic rings. The van der Waals surface area contributed by atoms with Crippen molar-refractivity contribution < 1.29 is 14.4 Å². The molecule has 4 heterocycles. The summed E-state index contributed by atoms with van der Waals surface area (Å²) >= 11 is 0. The van der Waals surface area contributed by atoms with Gasteiger partial charge in [0.1, 0.15) is 11.9 Å². The van der Waals surface area contributed by atoms with Crippen molar-refractivity contribution in [1.82, 2.24) is 15.1 Å². The molecule has 4 amide bonds. The first-order valence-electron chi connectivity index (χ1n) is 11.9. The number of allylic oxidation sites excluding steroid dienone is 4. The quantitative estimate of drug-likeness (QED) is 0.710. The first kappa shape index (κ1) is 22.2. The van der Waals surface area contributed by atoms with Crippen LogP contribution in [0, 0.1) is 5.92 Å². The zero-order valence-electron chi connectivity index (χ0n) is 19.4. The number of fused-ring (bicyclic) bond motifs is 2. The smallest absolute Gasteiger partial charge is 0.336 e. The predicted molar refractivity (Wildman–Crippen MR) is 133 cm³/mol. The molecular formula is C26H23N7O3. The number of amidine groups is 1. The molecule has 0 spiro atoms. The molecule has 6 rings (SSSR count). The summed E-state index contributed by atoms with van der Waals surface area (Å²) in [5, 5.41) is 10.6. The number of carbonyl (C=O) groups excluding carboxylic acids is 3. The van der Waals surface area contributed by atoms with Gasteiger partial charge in [-0.05, 0) is 35.4 Å². The molecule has 1 aromatic carbocycles. The fourth-order valence-electron chi connectivity index (χ4n) is 4.91. The van der Waals surface area contributed by atoms with Gasteiger partial charge in [0.2, 0.25) is 0 Å². The molecule has 1 aliphatic carbocycles. The summed E-state index contributed by atoms with van der Waals surface area (Å²) in [5.41, 5.74) is 3.73. The zero-order valence-corrected chi connectivity index (χ0v) is 19.4. The maximum absolute atomic E-state index is 13.3. The summed E-state index contributed by atoms with van der Waals surface area (Å²) in [6.07, 6.45) is 11.5. The van der Waals surface area contributed by atoms with Crippen LogP contribution in [0.2, 0.25) is 0 Å². The second-order valence-corrected chi connectivity index (χ2v) is 9.04. The van der Waals surface area contributed by atoms with Crippen molar-refractivity contribution in [3.63, 3.8) is 0 Å². The molecule has 10 nitrogen and oxygen atoms in total. The number of hydrogen-bond acceptors (Lipinski definition) is 6. The Labute approximate surface area is 207 Å². The molecule has 1 N–H and O–H groups in total. The highest BCUT2D eigenvalue weighted by atomic mass is 16.2. The highest BCUT2D eigenvalue weighted by Crippen LogP contribution is 2.30. The predicted octanol–water partition coefficient (Wildman–Crippen LogP) is 2.43. The fraction of sp³-hybridized carbons (Fsp3) is 0.269. The number of carbonyl (C=O) groups is 3. The van der Waals surface area contributed by atoms with Crippen LogP contribution in [-0.2, 0) is 11.2 Å². The standard InChI is InChI=1S/C26H23N7O3/c34-24-19-7-2-1-6-18(19)21(30-31-24)15-16-4-3-5-17(14-16)25(35)33-12-10-32(11-13-33)22-9-8-20-23(28-22)29-26(36)27-20/h1-9,14,19,22H,10-13,15H2,(H,28,29,36). The van der Waals surface area contributed by atoms with E-state index in [0.717, 1.165) is 16.8 Å². The van der Waals surface area contributed by atoms with Crippen LogP contribution < -0.4 is 5.32 Å². The average Bonchev–Trinajstić information content (AvgIpc) is 3.29. The van der Waals surface area contributed by atoms with Crippen molar-refractivity contribution in [2.24, 2.45) is 26.1 Å². The second-order valence-electron chi connectivity index (χ2n) is 9.04. The maximum Gasteiger partial charge on any atom is 0.347 e. The summed E-state index contributed by atoms with van der Waals surface area (Å²) in [4.78, 5) is 49.3. The summed E-state index contributed by atoms with van der Waals surface area (Å²) < 4.78 is 0. The van der Waals surface area contributed by atoms with Gasteiger partial charge in [0, 0.05) is 38.2 Å². The van der Waals surface area contributed by atoms with Crippen molar-refractivity contribution in [2.75, 3.05) is 26.2 Å². The van der Waals surface area contributed by atoms with Crippen LogP contribution >= 0.6 is 0 Å². The normalized spacial score (nSPS) is 24.9. The Bertz CT molecular complexity index is 1370. The van der Waals surface area contributed by atoms with Gasteiger partial charge in [-0.25, -0.2) is 9.79 Å². The molecule has 0 aromatic heterocycles. The van der Waals surface area contributed by atoms with Crippen molar-refractivity contribution >= 4 is 29.4 Å². The lowest BCUT2D eigenvalue weighted by Gasteiger charge is -2.37. The lowest BCUT2D eigenvalue weighted by molar-refractivity contribution is -0.120. The van der Waals surface area contributed by atoms with Gasteiger partial charge in [-0.15, -0.1) is 5.11 Å². The molecule has 5 aliphatic rings. The summed E-state index contributed by atoms with van der Waals surface area (Å²) in [6.45, 7) is 2.50. The minimum Gasteiger partial charge on any atom is -0.336 e. The third-order valence-corrected chi connectivity index (χ3v) is 6.79. The number of azo groups is 1. The van der Waals surface area contributed by atoms with Gasteiger partial charge in [-0.1, -0.05) is 36.4 Å². The van der Waals surface area contributed by atoms with Gasteiger partial charge in [-0.2, -0.15) is 10.1 Å². The van der Waals surface area contributed by atoms with Crippen LogP contribution in [0.5, 0.6) is 0 Å². The highest BCUT2D eigenvalue weighted by molar-refractivity contribution is 6.52. The van der Waals surface area contributed by atoms with Gasteiger partial charge >= 0.3 is 6.03 Å². The minimum atomic E-state index is -0.393. The average molecular weight is 482 g/mol. The lowest BCUT2D eigenvalue weighted by Crippen LogP contribution is -2.52. The molecule has 2 unspecified atom stereocenters. The molecule has 36 heavy (non-hydrogen) atoms. The number of hydrogen-bond donors (Lipinski definition) is 1. The number of nitrogens with zero attached hydrogens (tertiary/aromatic N) is 6. The Balaban J connectivity index is 1.11. The van der Waals surface area contributed by atoms with E-state index in [9.17, 15) is 14.4 Å². The number of aliphatic imine (C=N–C) groups is 2. The van der Waals surface area contributed by atoms with Crippen molar-refractivity contribution in [2.45, 2.75) is 12.6 Å². The number of rotatable bonds is 4. The Morgan fingerprint density at radius 2 is 1.89 bits per heavy atom. The molecule has 2 atom stereocenters. The van der Waals surface area contributed by atoms with Crippen LogP contribution in [0.15, 0.2) is 92.2 Å². The van der Waals surface area contributed by atoms with E-state index in [0.29, 0.717) is 49.7 Å². The van der Waals surface area contributed by atoms with Crippen LogP contribution in [0.4, 0.5) is 4.79 Å². The van der Waals surface area contributed by atoms with Crippen LogP contribution in [0.25, 0.3) is 0 Å². The topological polar surface area (TPSA) is 119 Å². The number of amides is 4. The van der Waals surface area contributed by atoms with E-state index < -0.39 is 6.03 Å². The summed E-state index contributed by atoms with van der Waals surface area (Å²) in [7, 11) is 0. The number of dihydropyridines is 1. The number of benzene rings is 1. The monoisotopic (exact) mass is 481 g/mol. The van der Waals surface area contributed by atoms with Crippen LogP contribution in [0.1, 0.15) is 15.9 Å². The van der Waals surface area contributed by atoms with Crippen molar-refractivity contribution in [3.05, 3.63) is 83.1 Å².